The summed E-state index contributed by atoms with van der Waals surface area (Å²) < 4.78 is 15.8. The molecule has 9 nitrogen and oxygen atoms in total. The zero-order valence-electron chi connectivity index (χ0n) is 27.0. The molecule has 2 amide bonds. The van der Waals surface area contributed by atoms with Gasteiger partial charge in [-0.2, -0.15) is 0 Å². The van der Waals surface area contributed by atoms with Crippen molar-refractivity contribution in [2.75, 3.05) is 31.5 Å². The number of fused-ring (bicyclic) bond motifs is 2. The van der Waals surface area contributed by atoms with E-state index in [0.717, 1.165) is 63.8 Å². The molecule has 2 N–H and O–H groups in total. The zero-order valence-corrected chi connectivity index (χ0v) is 27.8. The van der Waals surface area contributed by atoms with E-state index >= 15 is 4.39 Å². The molecule has 5 fully saturated rings. The van der Waals surface area contributed by atoms with Crippen LogP contribution in [-0.4, -0.2) is 93.4 Å². The van der Waals surface area contributed by atoms with Crippen molar-refractivity contribution in [1.82, 2.24) is 19.7 Å². The summed E-state index contributed by atoms with van der Waals surface area (Å²) in [6, 6.07) is 10.5. The lowest BCUT2D eigenvalue weighted by atomic mass is 9.33. The van der Waals surface area contributed by atoms with E-state index in [1.807, 2.05) is 0 Å². The fraction of sp³-hybridized carbons (Fsp3) is 0.514. The number of benzene rings is 2. The number of aliphatic hydroxyl groups is 1. The molecule has 10 rings (SSSR count). The largest absolute Gasteiger partial charge is 0.393 e. The number of nitrogens with one attached hydrogen (secondary N) is 1. The number of carbonyl (C=O) groups excluding carboxylic acids is 2. The Morgan fingerprint density at radius 1 is 1.06 bits per heavy atom. The molecule has 7 aliphatic rings. The number of aromatic nitrogens is 1. The first kappa shape index (κ1) is 30.4. The smallest absolute Gasteiger partial charge is 0.255 e. The molecule has 3 aliphatic carbocycles. The van der Waals surface area contributed by atoms with Crippen LogP contribution in [-0.2, 0) is 16.8 Å². The highest BCUT2D eigenvalue weighted by Gasteiger charge is 2.68. The van der Waals surface area contributed by atoms with Crippen LogP contribution < -0.4 is 5.32 Å². The third-order valence-electron chi connectivity index (χ3n) is 12.0. The summed E-state index contributed by atoms with van der Waals surface area (Å²) >= 11 is 1.32. The number of thiazole rings is 1. The monoisotopic (exact) mass is 668 g/mol. The van der Waals surface area contributed by atoms with Gasteiger partial charge in [-0.1, -0.05) is 24.3 Å². The van der Waals surface area contributed by atoms with Crippen LogP contribution in [0.4, 0.5) is 9.52 Å². The first-order chi connectivity index (χ1) is 23.3. The number of amides is 2. The Labute approximate surface area is 283 Å². The molecule has 4 unspecified atom stereocenters. The second-order valence-electron chi connectivity index (χ2n) is 15.1. The average Bonchev–Trinajstić information content (AvgIpc) is 3.83. The summed E-state index contributed by atoms with van der Waals surface area (Å²) in [5.41, 5.74) is 4.18. The van der Waals surface area contributed by atoms with Crippen molar-refractivity contribution in [2.24, 2.45) is 10.4 Å². The Kier molecular flexibility index (Phi) is 7.25. The van der Waals surface area contributed by atoms with Crippen LogP contribution in [0.1, 0.15) is 72.9 Å². The van der Waals surface area contributed by atoms with E-state index in [0.29, 0.717) is 27.2 Å². The van der Waals surface area contributed by atoms with Crippen LogP contribution in [0.25, 0.3) is 11.1 Å². The van der Waals surface area contributed by atoms with Crippen molar-refractivity contribution in [3.05, 3.63) is 70.5 Å². The summed E-state index contributed by atoms with van der Waals surface area (Å²) in [4.78, 5) is 43.0. The Hall–Kier alpha value is -3.67. The highest BCUT2D eigenvalue weighted by Crippen LogP contribution is 2.73. The normalized spacial score (nSPS) is 31.2. The molecule has 250 valence electrons. The first-order valence-electron chi connectivity index (χ1n) is 17.4. The maximum atomic E-state index is 15.8. The van der Waals surface area contributed by atoms with Crippen LogP contribution in [0.15, 0.2) is 53.0 Å². The summed E-state index contributed by atoms with van der Waals surface area (Å²) in [6.45, 7) is 4.13. The highest BCUT2D eigenvalue weighted by atomic mass is 32.1. The summed E-state index contributed by atoms with van der Waals surface area (Å²) in [5, 5.41) is 15.2. The van der Waals surface area contributed by atoms with E-state index in [1.54, 1.807) is 24.0 Å². The molecule has 2 saturated heterocycles. The molecule has 48 heavy (non-hydrogen) atoms. The lowest BCUT2D eigenvalue weighted by Crippen LogP contribution is -2.68. The van der Waals surface area contributed by atoms with Crippen molar-refractivity contribution >= 4 is 34.6 Å². The van der Waals surface area contributed by atoms with Gasteiger partial charge in [0.25, 0.3) is 11.8 Å². The van der Waals surface area contributed by atoms with E-state index in [1.165, 1.54) is 47.1 Å². The number of rotatable bonds is 8. The van der Waals surface area contributed by atoms with Crippen molar-refractivity contribution in [3.8, 4) is 11.1 Å². The number of carbonyl (C=O) groups is 2. The van der Waals surface area contributed by atoms with Crippen LogP contribution in [0, 0.1) is 11.2 Å². The zero-order chi connectivity index (χ0) is 32.6. The van der Waals surface area contributed by atoms with Gasteiger partial charge in [0.15, 0.2) is 5.13 Å². The summed E-state index contributed by atoms with van der Waals surface area (Å²) in [7, 11) is 0. The minimum atomic E-state index is -0.887. The van der Waals surface area contributed by atoms with Crippen LogP contribution in [0.5, 0.6) is 0 Å². The quantitative estimate of drug-likeness (QED) is 0.349. The van der Waals surface area contributed by atoms with Crippen LogP contribution in [0.2, 0.25) is 0 Å². The maximum Gasteiger partial charge on any atom is 0.255 e. The van der Waals surface area contributed by atoms with Gasteiger partial charge in [0.2, 0.25) is 0 Å². The molecule has 2 aromatic carbocycles. The Balaban J connectivity index is 0.919. The topological polar surface area (TPSA) is 101 Å². The minimum absolute atomic E-state index is 0.0240. The van der Waals surface area contributed by atoms with Crippen molar-refractivity contribution in [3.63, 3.8) is 0 Å². The molecule has 5 heterocycles. The van der Waals surface area contributed by atoms with Gasteiger partial charge in [-0.05, 0) is 97.6 Å². The number of likely N-dealkylation sites (tertiary alicyclic amines) is 1. The van der Waals surface area contributed by atoms with Gasteiger partial charge in [-0.15, -0.1) is 11.3 Å². The van der Waals surface area contributed by atoms with E-state index in [-0.39, 0.29) is 35.9 Å². The third-order valence-corrected chi connectivity index (χ3v) is 12.7. The summed E-state index contributed by atoms with van der Waals surface area (Å²) in [5.74, 6) is -1.12. The number of hydrogen-bond donors (Lipinski definition) is 2. The first-order valence-corrected chi connectivity index (χ1v) is 18.3. The van der Waals surface area contributed by atoms with Gasteiger partial charge < -0.3 is 25.1 Å². The second kappa shape index (κ2) is 11.5. The summed E-state index contributed by atoms with van der Waals surface area (Å²) in [6.07, 6.45) is 11.7. The number of aliphatic imine (C=N–C) groups is 1. The SMILES string of the molecule is O=C(Nc1nccs1)C(C1N=CN2CCCC12)N1Cc2c(F)cc(-c3ccc(C45CC(CN6CCCC(O)CC6)(C4)C5)cc3)cc2C1=O. The van der Waals surface area contributed by atoms with Crippen LogP contribution in [0.3, 0.4) is 0 Å². The van der Waals surface area contributed by atoms with Gasteiger partial charge in [-0.25, -0.2) is 9.37 Å². The maximum absolute atomic E-state index is 15.8. The molecule has 0 radical (unpaired) electrons. The van der Waals surface area contributed by atoms with Gasteiger partial charge in [-0.3, -0.25) is 14.6 Å². The van der Waals surface area contributed by atoms with Gasteiger partial charge in [0.1, 0.15) is 17.9 Å². The molecule has 2 bridgehead atoms. The van der Waals surface area contributed by atoms with Crippen LogP contribution >= 0.6 is 11.3 Å². The Morgan fingerprint density at radius 3 is 2.67 bits per heavy atom. The lowest BCUT2D eigenvalue weighted by Gasteiger charge is -2.72. The number of nitrogens with zero attached hydrogens (tertiary/aromatic N) is 5. The van der Waals surface area contributed by atoms with E-state index in [9.17, 15) is 14.7 Å². The molecule has 0 spiro atoms. The third kappa shape index (κ3) is 4.99. The second-order valence-corrected chi connectivity index (χ2v) is 16.0. The number of aliphatic hydroxyl groups excluding tert-OH is 1. The minimum Gasteiger partial charge on any atom is -0.393 e. The molecule has 1 aromatic heterocycles. The van der Waals surface area contributed by atoms with Gasteiger partial charge in [0, 0.05) is 42.3 Å². The van der Waals surface area contributed by atoms with Crippen molar-refractivity contribution in [1.29, 1.82) is 0 Å². The molecular formula is C37H41FN6O3S. The van der Waals surface area contributed by atoms with E-state index in [2.05, 4.69) is 44.4 Å². The van der Waals surface area contributed by atoms with E-state index in [4.69, 9.17) is 4.99 Å². The van der Waals surface area contributed by atoms with Crippen molar-refractivity contribution in [2.45, 2.75) is 87.6 Å². The molecule has 11 heteroatoms. The molecule has 3 saturated carbocycles. The Morgan fingerprint density at radius 2 is 1.88 bits per heavy atom. The molecule has 4 atom stereocenters. The van der Waals surface area contributed by atoms with E-state index < -0.39 is 17.9 Å². The van der Waals surface area contributed by atoms with Gasteiger partial charge >= 0.3 is 0 Å². The molecular weight excluding hydrogens is 628 g/mol. The number of halogens is 1. The van der Waals surface area contributed by atoms with Gasteiger partial charge in [0.05, 0.1) is 25.0 Å². The molecule has 3 aromatic rings. The number of hydrogen-bond acceptors (Lipinski definition) is 8. The Bertz CT molecular complexity index is 1760. The average molecular weight is 669 g/mol. The predicted octanol–water partition coefficient (Wildman–Crippen LogP) is 5.06. The highest BCUT2D eigenvalue weighted by molar-refractivity contribution is 7.13. The number of anilines is 1. The van der Waals surface area contributed by atoms with Crippen molar-refractivity contribution < 1.29 is 19.1 Å². The standard InChI is InChI=1S/C37H41FN6O3S/c38-29-16-24(23-5-7-25(8-6-23)37-18-36(19-37,20-37)21-42-11-1-3-26(45)9-13-42)15-27-28(29)17-44(34(27)47)32(33(46)41-35-39-10-14-48-35)31-30-4-2-12-43(30)22-40-31/h5-8,10,14-16,22,26,30-32,45H,1-4,9,11-13,17-21H2,(H,39,41,46). The molecule has 4 aliphatic heterocycles. The predicted molar refractivity (Wildman–Crippen MR) is 183 cm³/mol. The fourth-order valence-electron chi connectivity index (χ4n) is 9.86. The lowest BCUT2D eigenvalue weighted by molar-refractivity contribution is -0.155. The fourth-order valence-corrected chi connectivity index (χ4v) is 10.4.